The zero-order valence-electron chi connectivity index (χ0n) is 19.5. The number of para-hydroxylation sites is 2. The summed E-state index contributed by atoms with van der Waals surface area (Å²) < 4.78 is 17.0. The van der Waals surface area contributed by atoms with Crippen molar-refractivity contribution >= 4 is 23.1 Å². The van der Waals surface area contributed by atoms with Crippen molar-refractivity contribution in [2.45, 2.75) is 39.4 Å². The molecule has 2 atom stereocenters. The van der Waals surface area contributed by atoms with E-state index in [1.165, 1.54) is 4.90 Å². The second kappa shape index (κ2) is 9.67. The van der Waals surface area contributed by atoms with Crippen LogP contribution in [0, 0.1) is 0 Å². The first-order valence-corrected chi connectivity index (χ1v) is 11.3. The number of nitrogens with zero attached hydrogens (tertiary/aromatic N) is 2. The Morgan fingerprint density at radius 1 is 0.970 bits per heavy atom. The molecule has 0 aromatic heterocycles. The van der Waals surface area contributed by atoms with Gasteiger partial charge in [-0.2, -0.15) is 0 Å². The van der Waals surface area contributed by atoms with Crippen molar-refractivity contribution < 1.29 is 23.8 Å². The quantitative estimate of drug-likeness (QED) is 0.597. The third kappa shape index (κ3) is 4.46. The van der Waals surface area contributed by atoms with E-state index in [1.807, 2.05) is 43.9 Å². The molecule has 0 N–H and O–H groups in total. The normalized spacial score (nSPS) is 21.1. The Kier molecular flexibility index (Phi) is 6.70. The summed E-state index contributed by atoms with van der Waals surface area (Å²) in [5.41, 5.74) is 1.91. The van der Waals surface area contributed by atoms with Crippen molar-refractivity contribution in [2.24, 2.45) is 0 Å². The molecule has 0 spiro atoms. The van der Waals surface area contributed by atoms with Crippen LogP contribution in [0.15, 0.2) is 54.2 Å². The summed E-state index contributed by atoms with van der Waals surface area (Å²) in [6.07, 6.45) is 0.700. The zero-order chi connectivity index (χ0) is 23.5. The fourth-order valence-electron chi connectivity index (χ4n) is 4.38. The summed E-state index contributed by atoms with van der Waals surface area (Å²) in [6, 6.07) is 14.4. The molecule has 0 saturated carbocycles. The van der Waals surface area contributed by atoms with Gasteiger partial charge in [-0.25, -0.2) is 4.90 Å². The van der Waals surface area contributed by atoms with Crippen molar-refractivity contribution in [3.05, 3.63) is 59.8 Å². The van der Waals surface area contributed by atoms with Crippen LogP contribution in [-0.4, -0.2) is 55.7 Å². The Morgan fingerprint density at radius 2 is 1.64 bits per heavy atom. The molecule has 2 aromatic rings. The van der Waals surface area contributed by atoms with Crippen LogP contribution in [0.4, 0.5) is 5.69 Å². The minimum atomic E-state index is -0.362. The highest BCUT2D eigenvalue weighted by molar-refractivity contribution is 6.45. The third-order valence-corrected chi connectivity index (χ3v) is 5.74. The summed E-state index contributed by atoms with van der Waals surface area (Å²) in [6.45, 7) is 7.51. The number of methoxy groups -OCH3 is 1. The van der Waals surface area contributed by atoms with E-state index >= 15 is 0 Å². The zero-order valence-corrected chi connectivity index (χ0v) is 19.5. The van der Waals surface area contributed by atoms with Gasteiger partial charge in [-0.15, -0.1) is 0 Å². The molecule has 4 rings (SSSR count). The van der Waals surface area contributed by atoms with Gasteiger partial charge >= 0.3 is 0 Å². The number of carbonyl (C=O) groups is 2. The number of amides is 2. The minimum Gasteiger partial charge on any atom is -0.497 e. The van der Waals surface area contributed by atoms with Gasteiger partial charge in [0.1, 0.15) is 17.2 Å². The average molecular weight is 451 g/mol. The summed E-state index contributed by atoms with van der Waals surface area (Å²) in [5, 5.41) is 0. The standard InChI is InChI=1S/C26H30N2O5/c1-5-14-32-22-9-7-6-8-21(22)28-25(29)23(19-10-12-20(31-4)13-11-19)24(26(28)30)27-15-17(2)33-18(3)16-27/h6-13,17-18H,5,14-16H2,1-4H3. The molecule has 2 amide bonds. The maximum absolute atomic E-state index is 13.8. The monoisotopic (exact) mass is 450 g/mol. The maximum Gasteiger partial charge on any atom is 0.282 e. The van der Waals surface area contributed by atoms with Gasteiger partial charge in [-0.05, 0) is 50.1 Å². The SMILES string of the molecule is CCCOc1ccccc1N1C(=O)C(c2ccc(OC)cc2)=C(N2CC(C)OC(C)C2)C1=O. The lowest BCUT2D eigenvalue weighted by Gasteiger charge is -2.37. The van der Waals surface area contributed by atoms with E-state index in [4.69, 9.17) is 14.2 Å². The van der Waals surface area contributed by atoms with Gasteiger partial charge in [0.05, 0.1) is 37.2 Å². The second-order valence-corrected chi connectivity index (χ2v) is 8.38. The number of imide groups is 1. The van der Waals surface area contributed by atoms with Crippen LogP contribution in [0.25, 0.3) is 5.57 Å². The highest BCUT2D eigenvalue weighted by atomic mass is 16.5. The summed E-state index contributed by atoms with van der Waals surface area (Å²) in [5.74, 6) is 0.487. The van der Waals surface area contributed by atoms with Gasteiger partial charge in [0.25, 0.3) is 11.8 Å². The fourth-order valence-corrected chi connectivity index (χ4v) is 4.38. The smallest absolute Gasteiger partial charge is 0.282 e. The molecule has 0 aliphatic carbocycles. The van der Waals surface area contributed by atoms with E-state index in [1.54, 1.807) is 37.4 Å². The topological polar surface area (TPSA) is 68.3 Å². The Bertz CT molecular complexity index is 1050. The molecule has 2 aliphatic heterocycles. The maximum atomic E-state index is 13.8. The van der Waals surface area contributed by atoms with Crippen LogP contribution in [0.5, 0.6) is 11.5 Å². The van der Waals surface area contributed by atoms with Crippen LogP contribution < -0.4 is 14.4 Å². The molecule has 1 fully saturated rings. The lowest BCUT2D eigenvalue weighted by molar-refractivity contribution is -0.121. The number of anilines is 1. The molecule has 2 aromatic carbocycles. The molecule has 0 bridgehead atoms. The molecule has 7 nitrogen and oxygen atoms in total. The minimum absolute atomic E-state index is 0.0597. The van der Waals surface area contributed by atoms with Crippen LogP contribution in [0.1, 0.15) is 32.8 Å². The Labute approximate surface area is 194 Å². The molecular formula is C26H30N2O5. The first kappa shape index (κ1) is 22.9. The lowest BCUT2D eigenvalue weighted by Crippen LogP contribution is -2.47. The van der Waals surface area contributed by atoms with Gasteiger partial charge in [0, 0.05) is 13.1 Å². The van der Waals surface area contributed by atoms with Gasteiger partial charge in [0.15, 0.2) is 0 Å². The molecule has 7 heteroatoms. The van der Waals surface area contributed by atoms with Crippen molar-refractivity contribution in [2.75, 3.05) is 31.7 Å². The molecule has 0 radical (unpaired) electrons. The molecule has 174 valence electrons. The first-order chi connectivity index (χ1) is 15.9. The molecular weight excluding hydrogens is 420 g/mol. The number of carbonyl (C=O) groups excluding carboxylic acids is 2. The number of benzene rings is 2. The predicted molar refractivity (Wildman–Crippen MR) is 126 cm³/mol. The summed E-state index contributed by atoms with van der Waals surface area (Å²) in [4.78, 5) is 30.9. The number of morpholine rings is 1. The van der Waals surface area contributed by atoms with Crippen molar-refractivity contribution in [1.82, 2.24) is 4.90 Å². The Morgan fingerprint density at radius 3 is 2.27 bits per heavy atom. The van der Waals surface area contributed by atoms with E-state index in [0.717, 1.165) is 6.42 Å². The van der Waals surface area contributed by atoms with Crippen LogP contribution in [0.2, 0.25) is 0 Å². The van der Waals surface area contributed by atoms with E-state index in [9.17, 15) is 9.59 Å². The Balaban J connectivity index is 1.81. The van der Waals surface area contributed by atoms with E-state index in [2.05, 4.69) is 0 Å². The van der Waals surface area contributed by atoms with Crippen molar-refractivity contribution in [1.29, 1.82) is 0 Å². The second-order valence-electron chi connectivity index (χ2n) is 8.38. The molecule has 2 heterocycles. The van der Waals surface area contributed by atoms with Crippen LogP contribution in [-0.2, 0) is 14.3 Å². The first-order valence-electron chi connectivity index (χ1n) is 11.3. The van der Waals surface area contributed by atoms with Gasteiger partial charge in [-0.1, -0.05) is 31.2 Å². The predicted octanol–water partition coefficient (Wildman–Crippen LogP) is 3.88. The Hall–Kier alpha value is -3.32. The number of hydrogen-bond acceptors (Lipinski definition) is 6. The summed E-state index contributed by atoms with van der Waals surface area (Å²) >= 11 is 0. The van der Waals surface area contributed by atoms with Crippen LogP contribution >= 0.6 is 0 Å². The number of hydrogen-bond donors (Lipinski definition) is 0. The van der Waals surface area contributed by atoms with Crippen molar-refractivity contribution in [3.8, 4) is 11.5 Å². The van der Waals surface area contributed by atoms with Crippen LogP contribution in [0.3, 0.4) is 0 Å². The highest BCUT2D eigenvalue weighted by Crippen LogP contribution is 2.39. The van der Waals surface area contributed by atoms with E-state index < -0.39 is 0 Å². The highest BCUT2D eigenvalue weighted by Gasteiger charge is 2.44. The van der Waals surface area contributed by atoms with E-state index in [0.29, 0.717) is 53.7 Å². The largest absolute Gasteiger partial charge is 0.497 e. The van der Waals surface area contributed by atoms with Gasteiger partial charge in [0.2, 0.25) is 0 Å². The summed E-state index contributed by atoms with van der Waals surface area (Å²) in [7, 11) is 1.59. The van der Waals surface area contributed by atoms with Gasteiger partial charge < -0.3 is 19.1 Å². The van der Waals surface area contributed by atoms with Gasteiger partial charge in [-0.3, -0.25) is 9.59 Å². The average Bonchev–Trinajstić information content (AvgIpc) is 3.07. The molecule has 2 unspecified atom stereocenters. The number of rotatable bonds is 7. The molecule has 33 heavy (non-hydrogen) atoms. The third-order valence-electron chi connectivity index (χ3n) is 5.74. The van der Waals surface area contributed by atoms with E-state index in [-0.39, 0.29) is 24.0 Å². The fraction of sp³-hybridized carbons (Fsp3) is 0.385. The van der Waals surface area contributed by atoms with Crippen molar-refractivity contribution in [3.63, 3.8) is 0 Å². The lowest BCUT2D eigenvalue weighted by atomic mass is 10.0. The number of ether oxygens (including phenoxy) is 3. The molecule has 1 saturated heterocycles. The molecule has 2 aliphatic rings.